The van der Waals surface area contributed by atoms with Crippen LogP contribution in [-0.4, -0.2) is 40.4 Å². The molecule has 1 atom stereocenters. The van der Waals surface area contributed by atoms with Gasteiger partial charge in [-0.25, -0.2) is 9.97 Å². The average Bonchev–Trinajstić information content (AvgIpc) is 2.98. The molecule has 0 radical (unpaired) electrons. The number of hydrogen-bond acceptors (Lipinski definition) is 4. The van der Waals surface area contributed by atoms with Crippen LogP contribution in [0.1, 0.15) is 56.6 Å². The summed E-state index contributed by atoms with van der Waals surface area (Å²) >= 11 is 0. The van der Waals surface area contributed by atoms with Crippen molar-refractivity contribution >= 4 is 5.91 Å². The summed E-state index contributed by atoms with van der Waals surface area (Å²) in [6.45, 7) is 9.79. The van der Waals surface area contributed by atoms with E-state index in [-0.39, 0.29) is 11.3 Å². The van der Waals surface area contributed by atoms with E-state index in [0.717, 1.165) is 49.6 Å². The van der Waals surface area contributed by atoms with Gasteiger partial charge in [0.1, 0.15) is 5.82 Å². The molecule has 5 heteroatoms. The normalized spacial score (nSPS) is 21.8. The minimum absolute atomic E-state index is 0.0349. The van der Waals surface area contributed by atoms with Crippen molar-refractivity contribution in [1.82, 2.24) is 20.2 Å². The number of carbonyl (C=O) groups excluding carboxylic acids is 1. The Hall–Kier alpha value is -1.49. The standard InChI is InChI=1S/C17H26N4O/c1-17(2,3)8-15(22)21-7-5-14-13(11-21)10-19-16(20-14)12-4-6-18-9-12/h10,12,18H,4-9,11H2,1-3H3/t12-/m0/s1. The van der Waals surface area contributed by atoms with Gasteiger partial charge in [0.25, 0.3) is 0 Å². The quantitative estimate of drug-likeness (QED) is 0.906. The number of aromatic nitrogens is 2. The monoisotopic (exact) mass is 302 g/mol. The zero-order chi connectivity index (χ0) is 15.7. The SMILES string of the molecule is CC(C)(C)CC(=O)N1CCc2nc([C@H]3CCNC3)ncc2C1. The molecule has 3 rings (SSSR count). The smallest absolute Gasteiger partial charge is 0.223 e. The summed E-state index contributed by atoms with van der Waals surface area (Å²) in [6, 6.07) is 0. The van der Waals surface area contributed by atoms with Crippen LogP contribution >= 0.6 is 0 Å². The summed E-state index contributed by atoms with van der Waals surface area (Å²) in [6.07, 6.45) is 4.50. The number of nitrogens with one attached hydrogen (secondary N) is 1. The first-order valence-corrected chi connectivity index (χ1v) is 8.25. The van der Waals surface area contributed by atoms with E-state index in [0.29, 0.717) is 18.9 Å². The summed E-state index contributed by atoms with van der Waals surface area (Å²) < 4.78 is 0. The fourth-order valence-corrected chi connectivity index (χ4v) is 3.18. The van der Waals surface area contributed by atoms with Gasteiger partial charge in [0.2, 0.25) is 5.91 Å². The van der Waals surface area contributed by atoms with E-state index in [4.69, 9.17) is 4.98 Å². The molecule has 0 saturated carbocycles. The molecule has 1 saturated heterocycles. The largest absolute Gasteiger partial charge is 0.338 e. The molecule has 1 N–H and O–H groups in total. The van der Waals surface area contributed by atoms with Crippen molar-refractivity contribution in [2.24, 2.45) is 5.41 Å². The molecule has 1 fully saturated rings. The van der Waals surface area contributed by atoms with Gasteiger partial charge in [0.05, 0.1) is 5.69 Å². The van der Waals surface area contributed by atoms with E-state index in [1.807, 2.05) is 11.1 Å². The third-order valence-corrected chi connectivity index (χ3v) is 4.41. The molecule has 3 heterocycles. The first-order chi connectivity index (χ1) is 10.4. The van der Waals surface area contributed by atoms with Gasteiger partial charge in [-0.05, 0) is 18.4 Å². The van der Waals surface area contributed by atoms with E-state index >= 15 is 0 Å². The van der Waals surface area contributed by atoms with Gasteiger partial charge in [-0.3, -0.25) is 4.79 Å². The molecule has 0 unspecified atom stereocenters. The van der Waals surface area contributed by atoms with E-state index in [1.54, 1.807) is 0 Å². The fraction of sp³-hybridized carbons (Fsp3) is 0.706. The van der Waals surface area contributed by atoms with Crippen LogP contribution in [-0.2, 0) is 17.8 Å². The van der Waals surface area contributed by atoms with Crippen LogP contribution in [0, 0.1) is 5.41 Å². The van der Waals surface area contributed by atoms with Crippen LogP contribution in [0.4, 0.5) is 0 Å². The van der Waals surface area contributed by atoms with Crippen molar-refractivity contribution in [2.45, 2.75) is 52.5 Å². The molecular formula is C17H26N4O. The zero-order valence-corrected chi connectivity index (χ0v) is 13.9. The van der Waals surface area contributed by atoms with Crippen molar-refractivity contribution in [3.05, 3.63) is 23.3 Å². The predicted octanol–water partition coefficient (Wildman–Crippen LogP) is 1.87. The lowest BCUT2D eigenvalue weighted by Crippen LogP contribution is -2.38. The van der Waals surface area contributed by atoms with Gasteiger partial charge in [0, 0.05) is 50.2 Å². The topological polar surface area (TPSA) is 58.1 Å². The Balaban J connectivity index is 1.70. The Labute approximate surface area is 132 Å². The highest BCUT2D eigenvalue weighted by Gasteiger charge is 2.27. The lowest BCUT2D eigenvalue weighted by atomic mass is 9.91. The van der Waals surface area contributed by atoms with Gasteiger partial charge in [-0.15, -0.1) is 0 Å². The molecule has 120 valence electrons. The Morgan fingerprint density at radius 1 is 1.45 bits per heavy atom. The maximum absolute atomic E-state index is 12.4. The maximum Gasteiger partial charge on any atom is 0.223 e. The lowest BCUT2D eigenvalue weighted by Gasteiger charge is -2.30. The van der Waals surface area contributed by atoms with Gasteiger partial charge in [-0.2, -0.15) is 0 Å². The average molecular weight is 302 g/mol. The lowest BCUT2D eigenvalue weighted by molar-refractivity contribution is -0.134. The van der Waals surface area contributed by atoms with Crippen LogP contribution in [0.15, 0.2) is 6.20 Å². The molecular weight excluding hydrogens is 276 g/mol. The van der Waals surface area contributed by atoms with Crippen molar-refractivity contribution in [3.8, 4) is 0 Å². The number of hydrogen-bond donors (Lipinski definition) is 1. The Kier molecular flexibility index (Phi) is 4.17. The third kappa shape index (κ3) is 3.46. The van der Waals surface area contributed by atoms with Crippen molar-refractivity contribution in [1.29, 1.82) is 0 Å². The number of nitrogens with zero attached hydrogens (tertiary/aromatic N) is 3. The van der Waals surface area contributed by atoms with Gasteiger partial charge < -0.3 is 10.2 Å². The summed E-state index contributed by atoms with van der Waals surface area (Å²) in [5.74, 6) is 1.66. The summed E-state index contributed by atoms with van der Waals surface area (Å²) in [5, 5.41) is 3.36. The van der Waals surface area contributed by atoms with E-state index in [1.165, 1.54) is 0 Å². The molecule has 0 aromatic carbocycles. The number of fused-ring (bicyclic) bond motifs is 1. The highest BCUT2D eigenvalue weighted by Crippen LogP contribution is 2.25. The van der Waals surface area contributed by atoms with E-state index < -0.39 is 0 Å². The van der Waals surface area contributed by atoms with E-state index in [2.05, 4.69) is 31.1 Å². The molecule has 5 nitrogen and oxygen atoms in total. The van der Waals surface area contributed by atoms with Crippen molar-refractivity contribution in [3.63, 3.8) is 0 Å². The first-order valence-electron chi connectivity index (χ1n) is 8.25. The predicted molar refractivity (Wildman–Crippen MR) is 85.5 cm³/mol. The molecule has 0 aliphatic carbocycles. The zero-order valence-electron chi connectivity index (χ0n) is 13.9. The maximum atomic E-state index is 12.4. The molecule has 0 spiro atoms. The summed E-state index contributed by atoms with van der Waals surface area (Å²) in [7, 11) is 0. The molecule has 22 heavy (non-hydrogen) atoms. The fourth-order valence-electron chi connectivity index (χ4n) is 3.18. The van der Waals surface area contributed by atoms with Crippen LogP contribution in [0.2, 0.25) is 0 Å². The molecule has 1 aromatic heterocycles. The van der Waals surface area contributed by atoms with Gasteiger partial charge in [-0.1, -0.05) is 20.8 Å². The third-order valence-electron chi connectivity index (χ3n) is 4.41. The number of amides is 1. The second-order valence-electron chi connectivity index (χ2n) is 7.69. The molecule has 2 aliphatic rings. The van der Waals surface area contributed by atoms with Crippen molar-refractivity contribution < 1.29 is 4.79 Å². The molecule has 1 amide bonds. The first kappa shape index (κ1) is 15.4. The van der Waals surface area contributed by atoms with Crippen LogP contribution in [0.3, 0.4) is 0 Å². The van der Waals surface area contributed by atoms with Gasteiger partial charge >= 0.3 is 0 Å². The van der Waals surface area contributed by atoms with Crippen molar-refractivity contribution in [2.75, 3.05) is 19.6 Å². The second kappa shape index (κ2) is 5.95. The van der Waals surface area contributed by atoms with E-state index in [9.17, 15) is 4.79 Å². The second-order valence-corrected chi connectivity index (χ2v) is 7.69. The Morgan fingerprint density at radius 3 is 2.95 bits per heavy atom. The number of carbonyl (C=O) groups is 1. The number of rotatable bonds is 2. The van der Waals surface area contributed by atoms with Gasteiger partial charge in [0.15, 0.2) is 0 Å². The van der Waals surface area contributed by atoms with Crippen LogP contribution in [0.25, 0.3) is 0 Å². The molecule has 2 aliphatic heterocycles. The minimum atomic E-state index is 0.0349. The Bertz CT molecular complexity index is 558. The molecule has 0 bridgehead atoms. The summed E-state index contributed by atoms with van der Waals surface area (Å²) in [4.78, 5) is 23.7. The Morgan fingerprint density at radius 2 is 2.27 bits per heavy atom. The van der Waals surface area contributed by atoms with Crippen LogP contribution < -0.4 is 5.32 Å². The van der Waals surface area contributed by atoms with Crippen LogP contribution in [0.5, 0.6) is 0 Å². The minimum Gasteiger partial charge on any atom is -0.338 e. The molecule has 1 aromatic rings. The highest BCUT2D eigenvalue weighted by atomic mass is 16.2. The highest BCUT2D eigenvalue weighted by molar-refractivity contribution is 5.77. The summed E-state index contributed by atoms with van der Waals surface area (Å²) in [5.41, 5.74) is 2.28.